The maximum Gasteiger partial charge on any atom is 0.161 e. The van der Waals surface area contributed by atoms with Crippen molar-refractivity contribution in [3.63, 3.8) is 0 Å². The average Bonchev–Trinajstić information content (AvgIpc) is 2.73. The zero-order chi connectivity index (χ0) is 13.8. The molecule has 4 nitrogen and oxygen atoms in total. The van der Waals surface area contributed by atoms with Gasteiger partial charge in [0.05, 0.1) is 17.5 Å². The summed E-state index contributed by atoms with van der Waals surface area (Å²) in [6.45, 7) is 4.08. The van der Waals surface area contributed by atoms with E-state index in [0.717, 1.165) is 5.69 Å². The average molecular weight is 296 g/mol. The van der Waals surface area contributed by atoms with E-state index in [1.54, 1.807) is 0 Å². The van der Waals surface area contributed by atoms with Crippen LogP contribution in [0.1, 0.15) is 11.1 Å². The lowest BCUT2D eigenvalue weighted by atomic mass is 10.1. The van der Waals surface area contributed by atoms with Crippen LogP contribution in [0.15, 0.2) is 18.2 Å². The Morgan fingerprint density at radius 2 is 2.00 bits per heavy atom. The van der Waals surface area contributed by atoms with Crippen LogP contribution in [0.5, 0.6) is 0 Å². The second kappa shape index (κ2) is 4.24. The molecule has 0 bridgehead atoms. The minimum absolute atomic E-state index is 0.0131. The molecule has 0 unspecified atom stereocenters. The summed E-state index contributed by atoms with van der Waals surface area (Å²) in [4.78, 5) is 1.88. The van der Waals surface area contributed by atoms with Gasteiger partial charge in [-0.1, -0.05) is 17.8 Å². The lowest BCUT2D eigenvalue weighted by Gasteiger charge is -2.24. The van der Waals surface area contributed by atoms with Gasteiger partial charge in [0.1, 0.15) is 0 Å². The Hall–Kier alpha value is -1.01. The number of hydrogen-bond donors (Lipinski definition) is 1. The van der Waals surface area contributed by atoms with Crippen molar-refractivity contribution in [3.05, 3.63) is 29.3 Å². The predicted molar refractivity (Wildman–Crippen MR) is 79.9 cm³/mol. The Kier molecular flexibility index (Phi) is 2.90. The molecule has 1 aromatic rings. The number of aryl methyl sites for hydroxylation is 2. The summed E-state index contributed by atoms with van der Waals surface area (Å²) < 4.78 is 23.5. The van der Waals surface area contributed by atoms with Crippen LogP contribution >= 0.6 is 11.8 Å². The Labute approximate surface area is 117 Å². The van der Waals surface area contributed by atoms with Crippen molar-refractivity contribution in [2.24, 2.45) is 0 Å². The van der Waals surface area contributed by atoms with Crippen molar-refractivity contribution in [2.45, 2.75) is 25.1 Å². The highest BCUT2D eigenvalue weighted by molar-refractivity contribution is 8.15. The van der Waals surface area contributed by atoms with Gasteiger partial charge in [-0.3, -0.25) is 5.41 Å². The van der Waals surface area contributed by atoms with Crippen LogP contribution in [0.4, 0.5) is 5.69 Å². The molecule has 1 N–H and O–H groups in total. The van der Waals surface area contributed by atoms with Crippen molar-refractivity contribution in [3.8, 4) is 0 Å². The third kappa shape index (κ3) is 2.17. The number of nitrogens with one attached hydrogen (secondary N) is 1. The molecule has 2 atom stereocenters. The first-order valence-corrected chi connectivity index (χ1v) is 8.89. The normalized spacial score (nSPS) is 28.7. The molecule has 0 radical (unpaired) electrons. The summed E-state index contributed by atoms with van der Waals surface area (Å²) in [5, 5.41) is 8.57. The topological polar surface area (TPSA) is 61.2 Å². The zero-order valence-corrected chi connectivity index (χ0v) is 12.5. The van der Waals surface area contributed by atoms with Gasteiger partial charge < -0.3 is 4.90 Å². The minimum atomic E-state index is -2.95. The first-order chi connectivity index (χ1) is 8.87. The first kappa shape index (κ1) is 13.0. The van der Waals surface area contributed by atoms with E-state index >= 15 is 0 Å². The monoisotopic (exact) mass is 296 g/mol. The number of fused-ring (bicyclic) bond motifs is 1. The Balaban J connectivity index is 1.99. The summed E-state index contributed by atoms with van der Waals surface area (Å²) in [7, 11) is -2.95. The molecule has 2 aliphatic rings. The predicted octanol–water partition coefficient (Wildman–Crippen LogP) is 1.96. The number of thioether (sulfide) groups is 1. The summed E-state index contributed by atoms with van der Waals surface area (Å²) in [5.41, 5.74) is 3.31. The summed E-state index contributed by atoms with van der Waals surface area (Å²) in [5.74, 6) is 0.367. The molecule has 0 spiro atoms. The first-order valence-electron chi connectivity index (χ1n) is 6.19. The highest BCUT2D eigenvalue weighted by Crippen LogP contribution is 2.40. The number of hydrogen-bond acceptors (Lipinski definition) is 4. The Bertz CT molecular complexity index is 655. The van der Waals surface area contributed by atoms with Crippen LogP contribution in [-0.4, -0.2) is 36.4 Å². The van der Waals surface area contributed by atoms with Crippen molar-refractivity contribution >= 4 is 32.5 Å². The largest absolute Gasteiger partial charge is 0.316 e. The lowest BCUT2D eigenvalue weighted by molar-refractivity contribution is 0.601. The van der Waals surface area contributed by atoms with Crippen LogP contribution < -0.4 is 4.90 Å². The molecule has 0 aromatic heterocycles. The molecule has 3 rings (SSSR count). The van der Waals surface area contributed by atoms with E-state index < -0.39 is 9.84 Å². The van der Waals surface area contributed by atoms with Gasteiger partial charge in [-0.15, -0.1) is 0 Å². The van der Waals surface area contributed by atoms with Crippen LogP contribution in [0.2, 0.25) is 0 Å². The summed E-state index contributed by atoms with van der Waals surface area (Å²) in [6.07, 6.45) is 0. The van der Waals surface area contributed by atoms with Crippen LogP contribution in [0.25, 0.3) is 0 Å². The standard InChI is InChI=1S/C13H16N2O2S2/c1-8-3-4-10(5-9(8)2)15-11-6-19(16,17)7-12(11)18-13(15)14/h3-5,11-12,14H,6-7H2,1-2H3/t11-,12+/m1/s1. The fourth-order valence-electron chi connectivity index (χ4n) is 2.69. The molecule has 2 saturated heterocycles. The summed E-state index contributed by atoms with van der Waals surface area (Å²) >= 11 is 1.38. The van der Waals surface area contributed by atoms with Crippen molar-refractivity contribution in [1.29, 1.82) is 5.41 Å². The molecule has 0 saturated carbocycles. The molecular weight excluding hydrogens is 280 g/mol. The van der Waals surface area contributed by atoms with Gasteiger partial charge in [-0.25, -0.2) is 8.42 Å². The third-order valence-corrected chi connectivity index (χ3v) is 6.99. The van der Waals surface area contributed by atoms with E-state index in [2.05, 4.69) is 0 Å². The van der Waals surface area contributed by atoms with Crippen molar-refractivity contribution in [2.75, 3.05) is 16.4 Å². The number of rotatable bonds is 1. The van der Waals surface area contributed by atoms with Crippen LogP contribution in [-0.2, 0) is 9.84 Å². The molecule has 2 heterocycles. The molecule has 2 fully saturated rings. The second-order valence-corrected chi connectivity index (χ2v) is 8.63. The van der Waals surface area contributed by atoms with E-state index in [4.69, 9.17) is 5.41 Å². The van der Waals surface area contributed by atoms with E-state index in [0.29, 0.717) is 5.17 Å². The van der Waals surface area contributed by atoms with E-state index in [1.165, 1.54) is 22.9 Å². The van der Waals surface area contributed by atoms with E-state index in [-0.39, 0.29) is 22.8 Å². The molecule has 19 heavy (non-hydrogen) atoms. The van der Waals surface area contributed by atoms with E-state index in [1.807, 2.05) is 36.9 Å². The molecule has 6 heteroatoms. The zero-order valence-electron chi connectivity index (χ0n) is 10.9. The number of sulfone groups is 1. The van der Waals surface area contributed by atoms with Gasteiger partial charge in [-0.05, 0) is 37.1 Å². The third-order valence-electron chi connectivity index (χ3n) is 3.85. The second-order valence-electron chi connectivity index (χ2n) is 5.24. The van der Waals surface area contributed by atoms with Crippen LogP contribution in [0.3, 0.4) is 0 Å². The molecule has 102 valence electrons. The maximum absolute atomic E-state index is 11.7. The number of nitrogens with zero attached hydrogens (tertiary/aromatic N) is 1. The molecular formula is C13H16N2O2S2. The van der Waals surface area contributed by atoms with Gasteiger partial charge in [0.25, 0.3) is 0 Å². The number of amidine groups is 1. The molecule has 0 amide bonds. The van der Waals surface area contributed by atoms with E-state index in [9.17, 15) is 8.42 Å². The van der Waals surface area contributed by atoms with Crippen molar-refractivity contribution < 1.29 is 8.42 Å². The SMILES string of the molecule is Cc1ccc(N2C(=N)S[C@H]3CS(=O)(=O)C[C@H]32)cc1C. The highest BCUT2D eigenvalue weighted by atomic mass is 32.2. The van der Waals surface area contributed by atoms with Gasteiger partial charge in [-0.2, -0.15) is 0 Å². The van der Waals surface area contributed by atoms with Gasteiger partial charge in [0, 0.05) is 10.9 Å². The fourth-order valence-corrected chi connectivity index (χ4v) is 6.48. The van der Waals surface area contributed by atoms with Crippen LogP contribution in [0, 0.1) is 19.3 Å². The van der Waals surface area contributed by atoms with Crippen molar-refractivity contribution in [1.82, 2.24) is 0 Å². The Morgan fingerprint density at radius 3 is 2.68 bits per heavy atom. The summed E-state index contributed by atoms with van der Waals surface area (Å²) in [6, 6.07) is 5.96. The number of anilines is 1. The smallest absolute Gasteiger partial charge is 0.161 e. The lowest BCUT2D eigenvalue weighted by Crippen LogP contribution is -2.37. The maximum atomic E-state index is 11.7. The molecule has 0 aliphatic carbocycles. The molecule has 2 aliphatic heterocycles. The molecule has 1 aromatic carbocycles. The van der Waals surface area contributed by atoms with Gasteiger partial charge >= 0.3 is 0 Å². The highest BCUT2D eigenvalue weighted by Gasteiger charge is 2.48. The fraction of sp³-hybridized carbons (Fsp3) is 0.462. The quantitative estimate of drug-likeness (QED) is 0.860. The van der Waals surface area contributed by atoms with Gasteiger partial charge in [0.2, 0.25) is 0 Å². The number of benzene rings is 1. The Morgan fingerprint density at radius 1 is 1.26 bits per heavy atom. The minimum Gasteiger partial charge on any atom is -0.316 e. The van der Waals surface area contributed by atoms with Gasteiger partial charge in [0.15, 0.2) is 15.0 Å².